The molecule has 0 N–H and O–H groups in total. The van der Waals surface area contributed by atoms with Crippen LogP contribution < -0.4 is 4.74 Å². The normalized spacial score (nSPS) is 9.56. The van der Waals surface area contributed by atoms with Gasteiger partial charge < -0.3 is 4.74 Å². The van der Waals surface area contributed by atoms with Gasteiger partial charge in [0.25, 0.3) is 5.75 Å². The average molecular weight is 226 g/mol. The maximum Gasteiger partial charge on any atom is 0.318 e. The molecule has 8 nitrogen and oxygen atoms in total. The highest BCUT2D eigenvalue weighted by atomic mass is 16.6. The van der Waals surface area contributed by atoms with E-state index in [0.717, 1.165) is 19.2 Å². The molecule has 0 aliphatic heterocycles. The van der Waals surface area contributed by atoms with Crippen LogP contribution in [0.4, 0.5) is 11.4 Å². The van der Waals surface area contributed by atoms with E-state index in [9.17, 15) is 25.0 Å². The highest BCUT2D eigenvalue weighted by molar-refractivity contribution is 5.80. The standard InChI is InChI=1S/C8H6N2O6/c1-16-8-6(9(12)13)2-5(4-11)3-7(8)10(14)15/h2-4H,1H3. The molecule has 0 heterocycles. The van der Waals surface area contributed by atoms with Gasteiger partial charge in [-0.05, 0) is 0 Å². The van der Waals surface area contributed by atoms with Crippen molar-refractivity contribution >= 4 is 17.7 Å². The maximum absolute atomic E-state index is 10.6. The summed E-state index contributed by atoms with van der Waals surface area (Å²) in [6.45, 7) is 0. The molecular weight excluding hydrogens is 220 g/mol. The number of methoxy groups -OCH3 is 1. The van der Waals surface area contributed by atoms with Gasteiger partial charge in [0.15, 0.2) is 6.29 Å². The van der Waals surface area contributed by atoms with Crippen LogP contribution in [0.2, 0.25) is 0 Å². The number of ether oxygens (including phenoxy) is 1. The van der Waals surface area contributed by atoms with Crippen molar-refractivity contribution in [2.45, 2.75) is 0 Å². The number of nitro groups is 2. The Morgan fingerprint density at radius 3 is 1.88 bits per heavy atom. The van der Waals surface area contributed by atoms with Crippen molar-refractivity contribution in [1.82, 2.24) is 0 Å². The molecule has 1 rings (SSSR count). The Hall–Kier alpha value is -2.51. The molecule has 0 aromatic heterocycles. The Balaban J connectivity index is 3.58. The van der Waals surface area contributed by atoms with Crippen LogP contribution >= 0.6 is 0 Å². The first-order chi connectivity index (χ1) is 7.51. The largest absolute Gasteiger partial charge is 0.485 e. The topological polar surface area (TPSA) is 113 Å². The molecule has 1 aromatic rings. The van der Waals surface area contributed by atoms with E-state index in [2.05, 4.69) is 4.74 Å². The quantitative estimate of drug-likeness (QED) is 0.434. The molecule has 0 fully saturated rings. The van der Waals surface area contributed by atoms with Crippen molar-refractivity contribution in [2.24, 2.45) is 0 Å². The third-order valence-electron chi connectivity index (χ3n) is 1.81. The highest BCUT2D eigenvalue weighted by Crippen LogP contribution is 2.37. The zero-order chi connectivity index (χ0) is 12.3. The van der Waals surface area contributed by atoms with Crippen LogP contribution in [0.15, 0.2) is 12.1 Å². The molecule has 16 heavy (non-hydrogen) atoms. The lowest BCUT2D eigenvalue weighted by Gasteiger charge is -2.02. The minimum Gasteiger partial charge on any atom is -0.485 e. The summed E-state index contributed by atoms with van der Waals surface area (Å²) in [6.07, 6.45) is 0.291. The zero-order valence-corrected chi connectivity index (χ0v) is 8.08. The average Bonchev–Trinajstić information content (AvgIpc) is 2.26. The Bertz CT molecular complexity index is 435. The summed E-state index contributed by atoms with van der Waals surface area (Å²) < 4.78 is 4.60. The summed E-state index contributed by atoms with van der Waals surface area (Å²) >= 11 is 0. The van der Waals surface area contributed by atoms with Crippen molar-refractivity contribution in [3.63, 3.8) is 0 Å². The van der Waals surface area contributed by atoms with E-state index in [1.165, 1.54) is 0 Å². The van der Waals surface area contributed by atoms with Gasteiger partial charge in [-0.1, -0.05) is 0 Å². The Kier molecular flexibility index (Phi) is 3.14. The molecule has 0 bridgehead atoms. The second-order valence-electron chi connectivity index (χ2n) is 2.72. The highest BCUT2D eigenvalue weighted by Gasteiger charge is 2.27. The van der Waals surface area contributed by atoms with Gasteiger partial charge in [0.05, 0.1) is 17.0 Å². The lowest BCUT2D eigenvalue weighted by atomic mass is 10.1. The van der Waals surface area contributed by atoms with Crippen LogP contribution in [0.1, 0.15) is 10.4 Å². The van der Waals surface area contributed by atoms with Gasteiger partial charge in [-0.2, -0.15) is 0 Å². The summed E-state index contributed by atoms with van der Waals surface area (Å²) in [5, 5.41) is 21.2. The maximum atomic E-state index is 10.6. The van der Waals surface area contributed by atoms with E-state index in [1.54, 1.807) is 0 Å². The number of hydrogen-bond acceptors (Lipinski definition) is 6. The van der Waals surface area contributed by atoms with Gasteiger partial charge in [0, 0.05) is 17.7 Å². The minimum absolute atomic E-state index is 0.154. The smallest absolute Gasteiger partial charge is 0.318 e. The molecular formula is C8H6N2O6. The molecule has 0 unspecified atom stereocenters. The number of benzene rings is 1. The number of aldehydes is 1. The van der Waals surface area contributed by atoms with Crippen molar-refractivity contribution < 1.29 is 19.4 Å². The number of nitrogens with zero attached hydrogens (tertiary/aromatic N) is 2. The number of carbonyl (C=O) groups is 1. The van der Waals surface area contributed by atoms with Crippen LogP contribution in [0.5, 0.6) is 5.75 Å². The van der Waals surface area contributed by atoms with Gasteiger partial charge in [-0.25, -0.2) is 0 Å². The minimum atomic E-state index is -0.848. The van der Waals surface area contributed by atoms with Gasteiger partial charge in [0.2, 0.25) is 0 Å². The molecule has 84 valence electrons. The van der Waals surface area contributed by atoms with Gasteiger partial charge in [0.1, 0.15) is 0 Å². The first-order valence-corrected chi connectivity index (χ1v) is 3.97. The predicted octanol–water partition coefficient (Wildman–Crippen LogP) is 1.32. The van der Waals surface area contributed by atoms with Crippen molar-refractivity contribution in [1.29, 1.82) is 0 Å². The fourth-order valence-corrected chi connectivity index (χ4v) is 1.17. The summed E-state index contributed by atoms with van der Waals surface area (Å²) in [5.74, 6) is -0.472. The monoisotopic (exact) mass is 226 g/mol. The van der Waals surface area contributed by atoms with E-state index in [-0.39, 0.29) is 5.56 Å². The van der Waals surface area contributed by atoms with Gasteiger partial charge in [-0.3, -0.25) is 25.0 Å². The molecule has 0 aliphatic carbocycles. The number of nitro benzene ring substituents is 2. The van der Waals surface area contributed by atoms with E-state index >= 15 is 0 Å². The number of rotatable bonds is 4. The lowest BCUT2D eigenvalue weighted by Crippen LogP contribution is -2.00. The van der Waals surface area contributed by atoms with Crippen LogP contribution in [0.3, 0.4) is 0 Å². The molecule has 0 aliphatic rings. The molecule has 0 spiro atoms. The molecule has 0 saturated heterocycles. The summed E-state index contributed by atoms with van der Waals surface area (Å²) in [5.41, 5.74) is -1.38. The van der Waals surface area contributed by atoms with E-state index < -0.39 is 27.0 Å². The Morgan fingerprint density at radius 2 is 1.62 bits per heavy atom. The second-order valence-corrected chi connectivity index (χ2v) is 2.72. The first kappa shape index (κ1) is 11.6. The van der Waals surface area contributed by atoms with E-state index in [1.807, 2.05) is 0 Å². The molecule has 0 atom stereocenters. The predicted molar refractivity (Wildman–Crippen MR) is 51.7 cm³/mol. The molecule has 0 amide bonds. The molecule has 0 saturated carbocycles. The Labute approximate surface area is 88.7 Å². The number of carbonyl (C=O) groups excluding carboxylic acids is 1. The van der Waals surface area contributed by atoms with Crippen molar-refractivity contribution in [3.8, 4) is 5.75 Å². The third kappa shape index (κ3) is 1.95. The van der Waals surface area contributed by atoms with Crippen molar-refractivity contribution in [2.75, 3.05) is 7.11 Å². The van der Waals surface area contributed by atoms with Crippen LogP contribution in [0, 0.1) is 20.2 Å². The summed E-state index contributed by atoms with van der Waals surface area (Å²) in [7, 11) is 1.08. The molecule has 0 radical (unpaired) electrons. The lowest BCUT2D eigenvalue weighted by molar-refractivity contribution is -0.395. The van der Waals surface area contributed by atoms with Crippen LogP contribution in [-0.4, -0.2) is 23.2 Å². The summed E-state index contributed by atoms with van der Waals surface area (Å²) in [6, 6.07) is 1.83. The molecule has 1 aromatic carbocycles. The second kappa shape index (κ2) is 4.34. The SMILES string of the molecule is COc1c([N+](=O)[O-])cc(C=O)cc1[N+](=O)[O-]. The fourth-order valence-electron chi connectivity index (χ4n) is 1.17. The first-order valence-electron chi connectivity index (χ1n) is 3.97. The van der Waals surface area contributed by atoms with Crippen LogP contribution in [0.25, 0.3) is 0 Å². The van der Waals surface area contributed by atoms with Gasteiger partial charge in [-0.15, -0.1) is 0 Å². The van der Waals surface area contributed by atoms with Gasteiger partial charge >= 0.3 is 11.4 Å². The van der Waals surface area contributed by atoms with Crippen LogP contribution in [-0.2, 0) is 0 Å². The molecule has 8 heteroatoms. The van der Waals surface area contributed by atoms with Crippen molar-refractivity contribution in [3.05, 3.63) is 37.9 Å². The number of hydrogen-bond donors (Lipinski definition) is 0. The van der Waals surface area contributed by atoms with E-state index in [4.69, 9.17) is 0 Å². The van der Waals surface area contributed by atoms with E-state index in [0.29, 0.717) is 6.29 Å². The fraction of sp³-hybridized carbons (Fsp3) is 0.125. The Morgan fingerprint density at radius 1 is 1.19 bits per heavy atom. The zero-order valence-electron chi connectivity index (χ0n) is 8.08. The summed E-state index contributed by atoms with van der Waals surface area (Å²) in [4.78, 5) is 30.0. The third-order valence-corrected chi connectivity index (χ3v) is 1.81.